The first-order chi connectivity index (χ1) is 14.0. The monoisotopic (exact) mass is 394 g/mol. The minimum atomic E-state index is -0.108. The first-order valence-corrected chi connectivity index (χ1v) is 10.7. The van der Waals surface area contributed by atoms with Crippen molar-refractivity contribution in [3.05, 3.63) is 84.7 Å². The molecule has 3 aromatic carbocycles. The van der Waals surface area contributed by atoms with Gasteiger partial charge in [-0.2, -0.15) is 0 Å². The molecule has 0 aliphatic carbocycles. The summed E-state index contributed by atoms with van der Waals surface area (Å²) >= 11 is 1.75. The number of fused-ring (bicyclic) bond motifs is 3. The minimum absolute atomic E-state index is 0.108. The summed E-state index contributed by atoms with van der Waals surface area (Å²) in [7, 11) is 0. The molecule has 3 heteroatoms. The molecule has 0 unspecified atom stereocenters. The smallest absolute Gasteiger partial charge is 0.136 e. The molecule has 0 atom stereocenters. The number of rotatable bonds is 2. The molecule has 0 aliphatic heterocycles. The first kappa shape index (κ1) is 18.0. The van der Waals surface area contributed by atoms with Gasteiger partial charge in [0.05, 0.1) is 5.69 Å². The van der Waals surface area contributed by atoms with E-state index in [2.05, 4.69) is 93.6 Å². The zero-order chi connectivity index (χ0) is 20.0. The van der Waals surface area contributed by atoms with Gasteiger partial charge in [0.15, 0.2) is 0 Å². The van der Waals surface area contributed by atoms with Crippen molar-refractivity contribution >= 4 is 31.6 Å². The Labute approximate surface area is 174 Å². The summed E-state index contributed by atoms with van der Waals surface area (Å²) in [6, 6.07) is 27.7. The Hall–Kier alpha value is -3.04. The van der Waals surface area contributed by atoms with Crippen molar-refractivity contribution in [3.63, 3.8) is 0 Å². The largest absolute Gasteiger partial charge is 0.232 e. The molecule has 29 heavy (non-hydrogen) atoms. The molecule has 0 aliphatic rings. The van der Waals surface area contributed by atoms with Crippen LogP contribution in [0.25, 0.3) is 42.7 Å². The molecule has 5 aromatic rings. The summed E-state index contributed by atoms with van der Waals surface area (Å²) < 4.78 is 1.25. The lowest BCUT2D eigenvalue weighted by atomic mass is 9.94. The van der Waals surface area contributed by atoms with Gasteiger partial charge in [0, 0.05) is 26.5 Å². The average Bonchev–Trinajstić information content (AvgIpc) is 3.12. The second kappa shape index (κ2) is 6.78. The number of benzene rings is 3. The fourth-order valence-electron chi connectivity index (χ4n) is 3.62. The van der Waals surface area contributed by atoms with Crippen LogP contribution in [0.15, 0.2) is 78.9 Å². The Morgan fingerprint density at radius 2 is 1.28 bits per heavy atom. The van der Waals surface area contributed by atoms with Crippen LogP contribution < -0.4 is 0 Å². The van der Waals surface area contributed by atoms with Crippen molar-refractivity contribution in [2.45, 2.75) is 26.2 Å². The third-order valence-electron chi connectivity index (χ3n) is 5.18. The van der Waals surface area contributed by atoms with Gasteiger partial charge in [-0.05, 0) is 17.2 Å². The molecule has 0 saturated heterocycles. The molecule has 0 amide bonds. The predicted octanol–water partition coefficient (Wildman–Crippen LogP) is 7.48. The molecule has 142 valence electrons. The van der Waals surface area contributed by atoms with Gasteiger partial charge in [-0.25, -0.2) is 9.97 Å². The lowest BCUT2D eigenvalue weighted by Gasteiger charge is -2.18. The van der Waals surface area contributed by atoms with Crippen LogP contribution in [0.1, 0.15) is 26.6 Å². The summed E-state index contributed by atoms with van der Waals surface area (Å²) in [5.41, 5.74) is 4.49. The van der Waals surface area contributed by atoms with Gasteiger partial charge in [0.1, 0.15) is 10.7 Å². The zero-order valence-corrected chi connectivity index (χ0v) is 17.6. The van der Waals surface area contributed by atoms with Crippen molar-refractivity contribution in [2.75, 3.05) is 0 Å². The number of aromatic nitrogens is 2. The highest BCUT2D eigenvalue weighted by molar-refractivity contribution is 7.25. The number of hydrogen-bond donors (Lipinski definition) is 0. The second-order valence-electron chi connectivity index (χ2n) is 8.37. The maximum Gasteiger partial charge on any atom is 0.136 e. The van der Waals surface area contributed by atoms with Gasteiger partial charge in [-0.1, -0.05) is 93.6 Å². The third kappa shape index (κ3) is 3.22. The van der Waals surface area contributed by atoms with E-state index in [1.54, 1.807) is 11.3 Å². The van der Waals surface area contributed by atoms with E-state index in [-0.39, 0.29) is 5.41 Å². The van der Waals surface area contributed by atoms with Crippen LogP contribution in [0, 0.1) is 0 Å². The van der Waals surface area contributed by atoms with E-state index < -0.39 is 0 Å². The van der Waals surface area contributed by atoms with Crippen LogP contribution >= 0.6 is 11.3 Å². The zero-order valence-electron chi connectivity index (χ0n) is 16.8. The van der Waals surface area contributed by atoms with Gasteiger partial charge in [-0.15, -0.1) is 11.3 Å². The van der Waals surface area contributed by atoms with Crippen LogP contribution in [0.2, 0.25) is 0 Å². The van der Waals surface area contributed by atoms with Crippen molar-refractivity contribution in [3.8, 4) is 22.4 Å². The van der Waals surface area contributed by atoms with Crippen LogP contribution in [0.5, 0.6) is 0 Å². The Morgan fingerprint density at radius 1 is 0.655 bits per heavy atom. The summed E-state index contributed by atoms with van der Waals surface area (Å²) in [6.45, 7) is 6.51. The molecule has 0 bridgehead atoms. The predicted molar refractivity (Wildman–Crippen MR) is 124 cm³/mol. The van der Waals surface area contributed by atoms with E-state index in [9.17, 15) is 0 Å². The summed E-state index contributed by atoms with van der Waals surface area (Å²) in [6.07, 6.45) is 0. The van der Waals surface area contributed by atoms with Crippen molar-refractivity contribution in [1.29, 1.82) is 0 Å². The van der Waals surface area contributed by atoms with Crippen LogP contribution in [0.3, 0.4) is 0 Å². The fourth-order valence-corrected chi connectivity index (χ4v) is 4.69. The molecular weight excluding hydrogens is 372 g/mol. The molecule has 2 nitrogen and oxygen atoms in total. The van der Waals surface area contributed by atoms with Gasteiger partial charge >= 0.3 is 0 Å². The highest BCUT2D eigenvalue weighted by Gasteiger charge is 2.22. The standard InChI is InChI=1S/C26H22N2S/c1-26(2,3)25-27-23(22-20-11-7-8-12-21(20)29-24(22)28-25)19-15-13-18(14-16-19)17-9-5-4-6-10-17/h4-16H,1-3H3. The van der Waals surface area contributed by atoms with E-state index in [0.29, 0.717) is 0 Å². The molecule has 0 fully saturated rings. The van der Waals surface area contributed by atoms with Gasteiger partial charge < -0.3 is 0 Å². The van der Waals surface area contributed by atoms with Gasteiger partial charge in [0.2, 0.25) is 0 Å². The lowest BCUT2D eigenvalue weighted by Crippen LogP contribution is -2.16. The van der Waals surface area contributed by atoms with Gasteiger partial charge in [-0.3, -0.25) is 0 Å². The Bertz CT molecular complexity index is 1310. The summed E-state index contributed by atoms with van der Waals surface area (Å²) in [5.74, 6) is 0.888. The maximum absolute atomic E-state index is 5.06. The minimum Gasteiger partial charge on any atom is -0.232 e. The SMILES string of the molecule is CC(C)(C)c1nc(-c2ccc(-c3ccccc3)cc2)c2c(n1)sc1ccccc12. The number of thiophene rings is 1. The quantitative estimate of drug-likeness (QED) is 0.310. The molecular formula is C26H22N2S. The van der Waals surface area contributed by atoms with E-state index in [0.717, 1.165) is 27.3 Å². The molecule has 0 radical (unpaired) electrons. The van der Waals surface area contributed by atoms with Crippen LogP contribution in [-0.2, 0) is 5.41 Å². The highest BCUT2D eigenvalue weighted by Crippen LogP contribution is 2.39. The second-order valence-corrected chi connectivity index (χ2v) is 9.40. The molecule has 2 aromatic heterocycles. The number of nitrogens with zero attached hydrogens (tertiary/aromatic N) is 2. The van der Waals surface area contributed by atoms with Crippen molar-refractivity contribution < 1.29 is 0 Å². The van der Waals surface area contributed by atoms with Crippen LogP contribution in [0.4, 0.5) is 0 Å². The molecule has 2 heterocycles. The topological polar surface area (TPSA) is 25.8 Å². The molecule has 0 saturated carbocycles. The van der Waals surface area contributed by atoms with Gasteiger partial charge in [0.25, 0.3) is 0 Å². The van der Waals surface area contributed by atoms with Crippen molar-refractivity contribution in [1.82, 2.24) is 9.97 Å². The first-order valence-electron chi connectivity index (χ1n) is 9.86. The average molecular weight is 395 g/mol. The summed E-state index contributed by atoms with van der Waals surface area (Å²) in [4.78, 5) is 11.1. The Balaban J connectivity index is 1.74. The molecule has 0 N–H and O–H groups in total. The van der Waals surface area contributed by atoms with Crippen LogP contribution in [-0.4, -0.2) is 9.97 Å². The molecule has 0 spiro atoms. The number of hydrogen-bond acceptors (Lipinski definition) is 3. The Kier molecular flexibility index (Phi) is 4.21. The maximum atomic E-state index is 5.06. The normalized spacial score (nSPS) is 12.0. The highest BCUT2D eigenvalue weighted by atomic mass is 32.1. The van der Waals surface area contributed by atoms with E-state index in [4.69, 9.17) is 9.97 Å². The van der Waals surface area contributed by atoms with E-state index >= 15 is 0 Å². The lowest BCUT2D eigenvalue weighted by molar-refractivity contribution is 0.549. The molecule has 5 rings (SSSR count). The Morgan fingerprint density at radius 3 is 2.00 bits per heavy atom. The van der Waals surface area contributed by atoms with Crippen molar-refractivity contribution in [2.24, 2.45) is 0 Å². The third-order valence-corrected chi connectivity index (χ3v) is 6.24. The van der Waals surface area contributed by atoms with E-state index in [1.165, 1.54) is 21.2 Å². The fraction of sp³-hybridized carbons (Fsp3) is 0.154. The summed E-state index contributed by atoms with van der Waals surface area (Å²) in [5, 5.41) is 2.39. The van der Waals surface area contributed by atoms with E-state index in [1.807, 2.05) is 6.07 Å².